The summed E-state index contributed by atoms with van der Waals surface area (Å²) in [5.41, 5.74) is 4.52. The van der Waals surface area contributed by atoms with Crippen molar-refractivity contribution in [3.8, 4) is 23.0 Å². The first-order valence-corrected chi connectivity index (χ1v) is 10.2. The van der Waals surface area contributed by atoms with E-state index in [0.717, 1.165) is 11.3 Å². The van der Waals surface area contributed by atoms with Crippen molar-refractivity contribution in [3.05, 3.63) is 47.5 Å². The summed E-state index contributed by atoms with van der Waals surface area (Å²) in [4.78, 5) is 12.7. The Labute approximate surface area is 178 Å². The third-order valence-corrected chi connectivity index (χ3v) is 4.08. The molecule has 2 aromatic carbocycles. The van der Waals surface area contributed by atoms with Gasteiger partial charge in [0.2, 0.25) is 5.75 Å². The largest absolute Gasteiger partial charge is 0.494 e. The Morgan fingerprint density at radius 2 is 1.33 bits per heavy atom. The number of ether oxygens (including phenoxy) is 4. The molecule has 1 amide bonds. The normalized spacial score (nSPS) is 11.0. The van der Waals surface area contributed by atoms with Crippen LogP contribution >= 0.6 is 0 Å². The highest BCUT2D eigenvalue weighted by atomic mass is 16.5. The molecule has 7 nitrogen and oxygen atoms in total. The van der Waals surface area contributed by atoms with E-state index >= 15 is 0 Å². The maximum Gasteiger partial charge on any atom is 0.271 e. The fraction of sp³-hybridized carbons (Fsp3) is 0.391. The standard InChI is InChI=1S/C23H30N2O5/c1-6-27-19-12-10-17(11-13-19)16(5)24-25-23(26)18-14-20(28-7-2)22(30-9-4)21(15-18)29-8-3/h10-15H,6-9H2,1-5H3,(H,25,26). The van der Waals surface area contributed by atoms with Gasteiger partial charge in [0.05, 0.1) is 32.1 Å². The molecule has 0 aromatic heterocycles. The number of rotatable bonds is 11. The second-order valence-electron chi connectivity index (χ2n) is 6.20. The SMILES string of the molecule is CCOc1ccc(C(C)=NNC(=O)c2cc(OCC)c(OCC)c(OCC)c2)cc1. The zero-order chi connectivity index (χ0) is 21.9. The second-order valence-corrected chi connectivity index (χ2v) is 6.20. The number of benzene rings is 2. The Hall–Kier alpha value is -3.22. The van der Waals surface area contributed by atoms with Crippen LogP contribution in [0.3, 0.4) is 0 Å². The lowest BCUT2D eigenvalue weighted by Crippen LogP contribution is -2.20. The Bertz CT molecular complexity index is 835. The first kappa shape index (κ1) is 23.1. The lowest BCUT2D eigenvalue weighted by atomic mass is 10.1. The van der Waals surface area contributed by atoms with Crippen molar-refractivity contribution in [3.63, 3.8) is 0 Å². The highest BCUT2D eigenvalue weighted by Gasteiger charge is 2.18. The molecular weight excluding hydrogens is 384 g/mol. The molecule has 0 saturated heterocycles. The van der Waals surface area contributed by atoms with Crippen LogP contribution in [0, 0.1) is 0 Å². The van der Waals surface area contributed by atoms with Crippen LogP contribution in [0.25, 0.3) is 0 Å². The number of nitrogens with zero attached hydrogens (tertiary/aromatic N) is 1. The molecule has 0 aliphatic heterocycles. The minimum absolute atomic E-state index is 0.369. The molecule has 0 bridgehead atoms. The number of carbonyl (C=O) groups excluding carboxylic acids is 1. The molecule has 0 aliphatic carbocycles. The molecule has 0 spiro atoms. The Morgan fingerprint density at radius 3 is 1.83 bits per heavy atom. The zero-order valence-corrected chi connectivity index (χ0v) is 18.3. The van der Waals surface area contributed by atoms with Crippen LogP contribution in [0.5, 0.6) is 23.0 Å². The van der Waals surface area contributed by atoms with Gasteiger partial charge in [-0.1, -0.05) is 0 Å². The van der Waals surface area contributed by atoms with Gasteiger partial charge >= 0.3 is 0 Å². The lowest BCUT2D eigenvalue weighted by Gasteiger charge is -2.16. The van der Waals surface area contributed by atoms with E-state index in [0.29, 0.717) is 55.0 Å². The molecule has 0 unspecified atom stereocenters. The van der Waals surface area contributed by atoms with Gasteiger partial charge in [-0.25, -0.2) is 5.43 Å². The Kier molecular flexibility index (Phi) is 9.00. The quantitative estimate of drug-likeness (QED) is 0.435. The molecule has 0 saturated carbocycles. The summed E-state index contributed by atoms with van der Waals surface area (Å²) in [6, 6.07) is 10.8. The topological polar surface area (TPSA) is 78.4 Å². The summed E-state index contributed by atoms with van der Waals surface area (Å²) in [6.07, 6.45) is 0. The minimum Gasteiger partial charge on any atom is -0.494 e. The molecule has 1 N–H and O–H groups in total. The van der Waals surface area contributed by atoms with Crippen LogP contribution in [0.2, 0.25) is 0 Å². The molecular formula is C23H30N2O5. The van der Waals surface area contributed by atoms with Crippen molar-refractivity contribution in [2.75, 3.05) is 26.4 Å². The highest BCUT2D eigenvalue weighted by molar-refractivity contribution is 6.01. The van der Waals surface area contributed by atoms with E-state index in [2.05, 4.69) is 10.5 Å². The number of carbonyl (C=O) groups is 1. The van der Waals surface area contributed by atoms with Crippen LogP contribution in [0.15, 0.2) is 41.5 Å². The number of amides is 1. The molecule has 2 aromatic rings. The minimum atomic E-state index is -0.370. The first-order chi connectivity index (χ1) is 14.5. The molecule has 0 fully saturated rings. The average molecular weight is 415 g/mol. The molecule has 0 aliphatic rings. The molecule has 7 heteroatoms. The summed E-state index contributed by atoms with van der Waals surface area (Å²) >= 11 is 0. The van der Waals surface area contributed by atoms with E-state index in [1.165, 1.54) is 0 Å². The summed E-state index contributed by atoms with van der Waals surface area (Å²) in [5, 5.41) is 4.22. The highest BCUT2D eigenvalue weighted by Crippen LogP contribution is 2.39. The number of hydrogen-bond acceptors (Lipinski definition) is 6. The van der Waals surface area contributed by atoms with Crippen LogP contribution in [-0.4, -0.2) is 38.0 Å². The van der Waals surface area contributed by atoms with Gasteiger partial charge in [-0.15, -0.1) is 0 Å². The van der Waals surface area contributed by atoms with E-state index in [-0.39, 0.29) is 5.91 Å². The van der Waals surface area contributed by atoms with Gasteiger partial charge in [0.15, 0.2) is 11.5 Å². The van der Waals surface area contributed by atoms with E-state index in [4.69, 9.17) is 18.9 Å². The van der Waals surface area contributed by atoms with Gasteiger partial charge in [0.25, 0.3) is 5.91 Å². The lowest BCUT2D eigenvalue weighted by molar-refractivity contribution is 0.0953. The van der Waals surface area contributed by atoms with Gasteiger partial charge in [0, 0.05) is 5.56 Å². The van der Waals surface area contributed by atoms with Crippen LogP contribution in [-0.2, 0) is 0 Å². The summed E-state index contributed by atoms with van der Waals surface area (Å²) < 4.78 is 22.4. The van der Waals surface area contributed by atoms with Gasteiger partial charge in [0.1, 0.15) is 5.75 Å². The van der Waals surface area contributed by atoms with Gasteiger partial charge in [-0.05, 0) is 76.6 Å². The number of nitrogens with one attached hydrogen (secondary N) is 1. The molecule has 0 radical (unpaired) electrons. The smallest absolute Gasteiger partial charge is 0.271 e. The summed E-state index contributed by atoms with van der Waals surface area (Å²) in [6.45, 7) is 11.3. The predicted octanol–water partition coefficient (Wildman–Crippen LogP) is 4.44. The van der Waals surface area contributed by atoms with Crippen molar-refractivity contribution in [2.45, 2.75) is 34.6 Å². The second kappa shape index (κ2) is 11.7. The third-order valence-electron chi connectivity index (χ3n) is 4.08. The van der Waals surface area contributed by atoms with Gasteiger partial charge in [-0.2, -0.15) is 5.10 Å². The molecule has 162 valence electrons. The maximum atomic E-state index is 12.7. The monoisotopic (exact) mass is 414 g/mol. The first-order valence-electron chi connectivity index (χ1n) is 10.2. The van der Waals surface area contributed by atoms with Crippen molar-refractivity contribution < 1.29 is 23.7 Å². The van der Waals surface area contributed by atoms with Crippen molar-refractivity contribution >= 4 is 11.6 Å². The molecule has 0 atom stereocenters. The fourth-order valence-electron chi connectivity index (χ4n) is 2.74. The average Bonchev–Trinajstić information content (AvgIpc) is 2.75. The molecule has 2 rings (SSSR count). The Balaban J connectivity index is 2.23. The van der Waals surface area contributed by atoms with Crippen LogP contribution in [0.4, 0.5) is 0 Å². The molecule has 30 heavy (non-hydrogen) atoms. The number of hydrogen-bond donors (Lipinski definition) is 1. The van der Waals surface area contributed by atoms with Crippen molar-refractivity contribution in [1.29, 1.82) is 0 Å². The van der Waals surface area contributed by atoms with E-state index < -0.39 is 0 Å². The van der Waals surface area contributed by atoms with E-state index in [1.54, 1.807) is 12.1 Å². The fourth-order valence-corrected chi connectivity index (χ4v) is 2.74. The van der Waals surface area contributed by atoms with Crippen molar-refractivity contribution in [2.24, 2.45) is 5.10 Å². The van der Waals surface area contributed by atoms with Crippen molar-refractivity contribution in [1.82, 2.24) is 5.43 Å². The Morgan fingerprint density at radius 1 is 0.800 bits per heavy atom. The van der Waals surface area contributed by atoms with Gasteiger partial charge < -0.3 is 18.9 Å². The summed E-state index contributed by atoms with van der Waals surface area (Å²) in [5.74, 6) is 1.83. The number of hydrazone groups is 1. The van der Waals surface area contributed by atoms with E-state index in [9.17, 15) is 4.79 Å². The molecule has 0 heterocycles. The predicted molar refractivity (Wildman–Crippen MR) is 117 cm³/mol. The van der Waals surface area contributed by atoms with E-state index in [1.807, 2.05) is 58.9 Å². The van der Waals surface area contributed by atoms with Crippen LogP contribution in [0.1, 0.15) is 50.5 Å². The third kappa shape index (κ3) is 6.14. The maximum absolute atomic E-state index is 12.7. The van der Waals surface area contributed by atoms with Crippen LogP contribution < -0.4 is 24.4 Å². The summed E-state index contributed by atoms with van der Waals surface area (Å²) in [7, 11) is 0. The zero-order valence-electron chi connectivity index (χ0n) is 18.3. The van der Waals surface area contributed by atoms with Gasteiger partial charge in [-0.3, -0.25) is 4.79 Å².